The van der Waals surface area contributed by atoms with Gasteiger partial charge in [-0.3, -0.25) is 0 Å². The summed E-state index contributed by atoms with van der Waals surface area (Å²) < 4.78 is 0. The maximum absolute atomic E-state index is 11.3. The van der Waals surface area contributed by atoms with Crippen molar-refractivity contribution in [3.05, 3.63) is 82.5 Å². The topological polar surface area (TPSA) is 60.7 Å². The number of phenols is 2. The van der Waals surface area contributed by atoms with Gasteiger partial charge in [-0.1, -0.05) is 53.6 Å². The fourth-order valence-corrected chi connectivity index (χ4v) is 3.58. The van der Waals surface area contributed by atoms with Crippen molar-refractivity contribution >= 4 is 0 Å². The van der Waals surface area contributed by atoms with Gasteiger partial charge in [0.1, 0.15) is 11.5 Å². The van der Waals surface area contributed by atoms with Crippen molar-refractivity contribution in [2.75, 3.05) is 0 Å². The number of rotatable bonds is 4. The number of allylic oxidation sites excluding steroid dienone is 2. The summed E-state index contributed by atoms with van der Waals surface area (Å²) in [7, 11) is 0. The third-order valence-electron chi connectivity index (χ3n) is 5.30. The van der Waals surface area contributed by atoms with Crippen LogP contribution in [0.4, 0.5) is 0 Å². The van der Waals surface area contributed by atoms with E-state index in [0.29, 0.717) is 12.8 Å². The lowest BCUT2D eigenvalue weighted by molar-refractivity contribution is 0.0506. The lowest BCUT2D eigenvalue weighted by atomic mass is 9.74. The monoisotopic (exact) mass is 350 g/mol. The largest absolute Gasteiger partial charge is 0.508 e. The second-order valence-corrected chi connectivity index (χ2v) is 7.48. The Bertz CT molecular complexity index is 875. The van der Waals surface area contributed by atoms with Gasteiger partial charge in [0, 0.05) is 12.3 Å². The molecule has 0 saturated heterocycles. The maximum Gasteiger partial charge on any atom is 0.119 e. The van der Waals surface area contributed by atoms with E-state index < -0.39 is 5.60 Å². The fourth-order valence-electron chi connectivity index (χ4n) is 3.58. The molecule has 0 saturated carbocycles. The van der Waals surface area contributed by atoms with E-state index in [4.69, 9.17) is 0 Å². The molecule has 0 aromatic heterocycles. The van der Waals surface area contributed by atoms with Crippen LogP contribution in [-0.2, 0) is 12.8 Å². The van der Waals surface area contributed by atoms with Crippen molar-refractivity contribution in [2.24, 2.45) is 5.92 Å². The molecule has 0 radical (unpaired) electrons. The highest BCUT2D eigenvalue weighted by Crippen LogP contribution is 2.37. The number of hydrogen-bond donors (Lipinski definition) is 3. The van der Waals surface area contributed by atoms with Crippen LogP contribution < -0.4 is 0 Å². The molecule has 2 aromatic rings. The predicted molar refractivity (Wildman–Crippen MR) is 104 cm³/mol. The predicted octanol–water partition coefficient (Wildman–Crippen LogP) is 4.36. The summed E-state index contributed by atoms with van der Waals surface area (Å²) in [6, 6.07) is 11.1. The summed E-state index contributed by atoms with van der Waals surface area (Å²) in [6.45, 7) is 5.79. The van der Waals surface area contributed by atoms with Crippen LogP contribution in [0.1, 0.15) is 29.2 Å². The van der Waals surface area contributed by atoms with Gasteiger partial charge in [0.25, 0.3) is 0 Å². The highest BCUT2D eigenvalue weighted by atomic mass is 16.3. The van der Waals surface area contributed by atoms with Crippen LogP contribution in [0.15, 0.2) is 60.2 Å². The second kappa shape index (κ2) is 7.00. The van der Waals surface area contributed by atoms with Crippen LogP contribution >= 0.6 is 0 Å². The Morgan fingerprint density at radius 1 is 0.923 bits per heavy atom. The summed E-state index contributed by atoms with van der Waals surface area (Å²) >= 11 is 0. The fraction of sp³-hybridized carbons (Fsp3) is 0.304. The van der Waals surface area contributed by atoms with E-state index >= 15 is 0 Å². The van der Waals surface area contributed by atoms with Crippen LogP contribution in [0, 0.1) is 19.8 Å². The molecule has 0 aliphatic heterocycles. The molecule has 0 amide bonds. The van der Waals surface area contributed by atoms with Crippen molar-refractivity contribution in [3.8, 4) is 11.5 Å². The minimum Gasteiger partial charge on any atom is -0.508 e. The average molecular weight is 350 g/mol. The van der Waals surface area contributed by atoms with Crippen molar-refractivity contribution in [1.29, 1.82) is 0 Å². The second-order valence-electron chi connectivity index (χ2n) is 7.48. The maximum atomic E-state index is 11.3. The zero-order valence-corrected chi connectivity index (χ0v) is 15.5. The molecule has 3 rings (SSSR count). The van der Waals surface area contributed by atoms with Gasteiger partial charge in [0.05, 0.1) is 5.60 Å². The number of benzene rings is 2. The first-order valence-electron chi connectivity index (χ1n) is 8.94. The van der Waals surface area contributed by atoms with E-state index in [1.54, 1.807) is 12.1 Å². The third kappa shape index (κ3) is 3.68. The number of aliphatic hydroxyl groups is 1. The Morgan fingerprint density at radius 3 is 2.15 bits per heavy atom. The molecule has 1 aliphatic carbocycles. The van der Waals surface area contributed by atoms with Crippen molar-refractivity contribution in [1.82, 2.24) is 0 Å². The molecule has 136 valence electrons. The number of aryl methyl sites for hydroxylation is 2. The number of hydrogen-bond acceptors (Lipinski definition) is 3. The lowest BCUT2D eigenvalue weighted by Gasteiger charge is -2.36. The molecule has 1 aliphatic rings. The highest BCUT2D eigenvalue weighted by molar-refractivity contribution is 5.43. The van der Waals surface area contributed by atoms with E-state index in [2.05, 4.69) is 0 Å². The van der Waals surface area contributed by atoms with Gasteiger partial charge in [0.15, 0.2) is 0 Å². The van der Waals surface area contributed by atoms with Crippen LogP contribution in [0.25, 0.3) is 0 Å². The molecule has 2 atom stereocenters. The van der Waals surface area contributed by atoms with E-state index in [9.17, 15) is 15.3 Å². The van der Waals surface area contributed by atoms with Gasteiger partial charge in [-0.05, 0) is 56.0 Å². The van der Waals surface area contributed by atoms with Crippen molar-refractivity contribution in [2.45, 2.75) is 39.2 Å². The van der Waals surface area contributed by atoms with E-state index in [-0.39, 0.29) is 17.4 Å². The minimum atomic E-state index is -1.05. The quantitative estimate of drug-likeness (QED) is 0.768. The van der Waals surface area contributed by atoms with Crippen LogP contribution in [0.2, 0.25) is 0 Å². The molecule has 2 unspecified atom stereocenters. The summed E-state index contributed by atoms with van der Waals surface area (Å²) in [6.07, 6.45) is 6.91. The zero-order chi connectivity index (χ0) is 18.9. The molecule has 0 fully saturated rings. The first-order valence-corrected chi connectivity index (χ1v) is 8.94. The number of phenolic OH excluding ortho intramolecular Hbond substituents is 2. The van der Waals surface area contributed by atoms with Crippen LogP contribution in [-0.4, -0.2) is 20.9 Å². The van der Waals surface area contributed by atoms with Gasteiger partial charge < -0.3 is 15.3 Å². The van der Waals surface area contributed by atoms with E-state index in [1.165, 1.54) is 0 Å². The van der Waals surface area contributed by atoms with E-state index in [1.807, 2.05) is 63.3 Å². The Morgan fingerprint density at radius 2 is 1.50 bits per heavy atom. The summed E-state index contributed by atoms with van der Waals surface area (Å²) in [5.74, 6) is 0.351. The minimum absolute atomic E-state index is 0.151. The first-order chi connectivity index (χ1) is 12.3. The summed E-state index contributed by atoms with van der Waals surface area (Å²) in [5, 5.41) is 31.5. The van der Waals surface area contributed by atoms with E-state index in [0.717, 1.165) is 27.8 Å². The van der Waals surface area contributed by atoms with Gasteiger partial charge >= 0.3 is 0 Å². The first kappa shape index (κ1) is 18.3. The van der Waals surface area contributed by atoms with Gasteiger partial charge in [-0.25, -0.2) is 0 Å². The molecule has 0 bridgehead atoms. The Kier molecular flexibility index (Phi) is 4.92. The normalized spacial score (nSPS) is 22.3. The highest BCUT2D eigenvalue weighted by Gasteiger charge is 2.36. The zero-order valence-electron chi connectivity index (χ0n) is 15.5. The molecular weight excluding hydrogens is 324 g/mol. The molecule has 3 N–H and O–H groups in total. The van der Waals surface area contributed by atoms with Crippen molar-refractivity contribution in [3.63, 3.8) is 0 Å². The van der Waals surface area contributed by atoms with Crippen LogP contribution in [0.3, 0.4) is 0 Å². The molecule has 0 heterocycles. The summed E-state index contributed by atoms with van der Waals surface area (Å²) in [4.78, 5) is 0. The van der Waals surface area contributed by atoms with Gasteiger partial charge in [-0.15, -0.1) is 0 Å². The van der Waals surface area contributed by atoms with Crippen molar-refractivity contribution < 1.29 is 15.3 Å². The van der Waals surface area contributed by atoms with Gasteiger partial charge in [-0.2, -0.15) is 0 Å². The Balaban J connectivity index is 1.85. The Labute approximate surface area is 155 Å². The standard InChI is InChI=1S/C23H26O3/c1-15-7-9-21(24)17(11-15)13-19-5-4-6-20(23(19,3)26)14-18-12-16(2)8-10-22(18)25/h4-12,19,24-26H,13-14H2,1-3H3. The van der Waals surface area contributed by atoms with Crippen LogP contribution in [0.5, 0.6) is 11.5 Å². The molecular formula is C23H26O3. The molecule has 3 nitrogen and oxygen atoms in total. The molecule has 26 heavy (non-hydrogen) atoms. The average Bonchev–Trinajstić information content (AvgIpc) is 2.58. The molecule has 3 heteroatoms. The van der Waals surface area contributed by atoms with Gasteiger partial charge in [0.2, 0.25) is 0 Å². The lowest BCUT2D eigenvalue weighted by Crippen LogP contribution is -2.39. The molecule has 0 spiro atoms. The molecule has 2 aromatic carbocycles. The smallest absolute Gasteiger partial charge is 0.119 e. The SMILES string of the molecule is Cc1ccc(O)c(CC2=CC=CC(Cc3cc(C)ccc3O)C2(C)O)c1. The third-order valence-corrected chi connectivity index (χ3v) is 5.30. The Hall–Kier alpha value is -2.52. The summed E-state index contributed by atoms with van der Waals surface area (Å²) in [5.41, 5.74) is 3.60. The number of aromatic hydroxyl groups is 2.